The van der Waals surface area contributed by atoms with Gasteiger partial charge in [0.15, 0.2) is 0 Å². The van der Waals surface area contributed by atoms with Gasteiger partial charge < -0.3 is 20.2 Å². The molecule has 1 aliphatic heterocycles. The van der Waals surface area contributed by atoms with Crippen molar-refractivity contribution in [1.29, 1.82) is 0 Å². The van der Waals surface area contributed by atoms with Crippen LogP contribution in [0.25, 0.3) is 0 Å². The number of carboxylic acid groups (broad SMARTS) is 1. The molecule has 2 amide bonds. The molecule has 2 rings (SSSR count). The van der Waals surface area contributed by atoms with E-state index in [0.29, 0.717) is 13.0 Å². The number of aliphatic carboxylic acids is 1. The number of urea groups is 1. The summed E-state index contributed by atoms with van der Waals surface area (Å²) in [7, 11) is 3.99. The summed E-state index contributed by atoms with van der Waals surface area (Å²) in [5.74, 6) is -0.845. The molecule has 1 aliphatic rings. The average molecular weight is 347 g/mol. The number of hydrogen-bond donors (Lipinski definition) is 2. The van der Waals surface area contributed by atoms with E-state index in [-0.39, 0.29) is 24.7 Å². The molecule has 0 bridgehead atoms. The van der Waals surface area contributed by atoms with Gasteiger partial charge >= 0.3 is 12.0 Å². The van der Waals surface area contributed by atoms with Crippen LogP contribution in [0.2, 0.25) is 0 Å². The number of carbonyl (C=O) groups excluding carboxylic acids is 1. The van der Waals surface area contributed by atoms with Crippen molar-refractivity contribution in [2.75, 3.05) is 27.2 Å². The van der Waals surface area contributed by atoms with Gasteiger partial charge in [-0.1, -0.05) is 24.3 Å². The SMILES string of the molecule is Cc1ccccc1C(C(C)NC(=O)N1CCC(C)(C(=O)O)C1)N(C)C. The van der Waals surface area contributed by atoms with Gasteiger partial charge in [-0.25, -0.2) is 4.79 Å². The van der Waals surface area contributed by atoms with Crippen molar-refractivity contribution in [2.45, 2.75) is 39.3 Å². The van der Waals surface area contributed by atoms with Gasteiger partial charge in [-0.2, -0.15) is 0 Å². The van der Waals surface area contributed by atoms with Gasteiger partial charge in [0.05, 0.1) is 11.5 Å². The minimum absolute atomic E-state index is 0.0404. The Morgan fingerprint density at radius 2 is 1.96 bits per heavy atom. The van der Waals surface area contributed by atoms with E-state index in [4.69, 9.17) is 0 Å². The summed E-state index contributed by atoms with van der Waals surface area (Å²) in [6.07, 6.45) is 0.485. The number of amides is 2. The maximum Gasteiger partial charge on any atom is 0.317 e. The predicted molar refractivity (Wildman–Crippen MR) is 97.5 cm³/mol. The molecular formula is C19H29N3O3. The van der Waals surface area contributed by atoms with Crippen LogP contribution in [0.5, 0.6) is 0 Å². The van der Waals surface area contributed by atoms with Gasteiger partial charge in [-0.05, 0) is 52.4 Å². The second-order valence-corrected chi connectivity index (χ2v) is 7.54. The zero-order valence-electron chi connectivity index (χ0n) is 15.7. The van der Waals surface area contributed by atoms with Crippen molar-refractivity contribution in [3.63, 3.8) is 0 Å². The lowest BCUT2D eigenvalue weighted by molar-refractivity contribution is -0.147. The van der Waals surface area contributed by atoms with Gasteiger partial charge in [-0.3, -0.25) is 4.79 Å². The lowest BCUT2D eigenvalue weighted by atomic mass is 9.90. The Balaban J connectivity index is 2.09. The normalized spacial score (nSPS) is 22.7. The van der Waals surface area contributed by atoms with Crippen LogP contribution in [-0.2, 0) is 4.79 Å². The topological polar surface area (TPSA) is 72.9 Å². The molecule has 0 saturated carbocycles. The van der Waals surface area contributed by atoms with E-state index in [9.17, 15) is 14.7 Å². The molecule has 0 aliphatic carbocycles. The molecule has 1 heterocycles. The first-order valence-corrected chi connectivity index (χ1v) is 8.66. The number of rotatable bonds is 5. The molecule has 6 nitrogen and oxygen atoms in total. The van der Waals surface area contributed by atoms with Crippen molar-refractivity contribution in [2.24, 2.45) is 5.41 Å². The highest BCUT2D eigenvalue weighted by Crippen LogP contribution is 2.30. The maximum atomic E-state index is 12.6. The average Bonchev–Trinajstić information content (AvgIpc) is 2.93. The van der Waals surface area contributed by atoms with E-state index in [1.165, 1.54) is 11.1 Å². The fourth-order valence-corrected chi connectivity index (χ4v) is 3.59. The summed E-state index contributed by atoms with van der Waals surface area (Å²) in [4.78, 5) is 27.7. The highest BCUT2D eigenvalue weighted by Gasteiger charge is 2.42. The molecule has 1 aromatic rings. The van der Waals surface area contributed by atoms with Gasteiger partial charge in [-0.15, -0.1) is 0 Å². The smallest absolute Gasteiger partial charge is 0.317 e. The summed E-state index contributed by atoms with van der Waals surface area (Å²) in [6, 6.07) is 7.90. The first-order valence-electron chi connectivity index (χ1n) is 8.66. The summed E-state index contributed by atoms with van der Waals surface area (Å²) in [5, 5.41) is 12.4. The van der Waals surface area contributed by atoms with Crippen molar-refractivity contribution in [3.05, 3.63) is 35.4 Å². The number of hydrogen-bond acceptors (Lipinski definition) is 3. The third-order valence-electron chi connectivity index (χ3n) is 5.17. The summed E-state index contributed by atoms with van der Waals surface area (Å²) in [6.45, 7) is 6.47. The van der Waals surface area contributed by atoms with E-state index in [0.717, 1.165) is 0 Å². The first-order chi connectivity index (χ1) is 11.7. The number of benzene rings is 1. The molecule has 1 fully saturated rings. The molecule has 0 spiro atoms. The minimum Gasteiger partial charge on any atom is -0.481 e. The van der Waals surface area contributed by atoms with Crippen LogP contribution in [0.4, 0.5) is 4.79 Å². The molecule has 3 atom stereocenters. The van der Waals surface area contributed by atoms with Crippen LogP contribution in [0.1, 0.15) is 37.4 Å². The van der Waals surface area contributed by atoms with Crippen LogP contribution in [-0.4, -0.2) is 60.1 Å². The predicted octanol–water partition coefficient (Wildman–Crippen LogP) is 2.49. The third kappa shape index (κ3) is 4.12. The van der Waals surface area contributed by atoms with E-state index in [1.807, 2.05) is 33.2 Å². The van der Waals surface area contributed by atoms with Crippen LogP contribution >= 0.6 is 0 Å². The molecule has 0 radical (unpaired) electrons. The largest absolute Gasteiger partial charge is 0.481 e. The zero-order chi connectivity index (χ0) is 18.8. The van der Waals surface area contributed by atoms with E-state index in [1.54, 1.807) is 11.8 Å². The number of carboxylic acids is 1. The second-order valence-electron chi connectivity index (χ2n) is 7.54. The van der Waals surface area contributed by atoms with Crippen molar-refractivity contribution < 1.29 is 14.7 Å². The second kappa shape index (κ2) is 7.44. The van der Waals surface area contributed by atoms with Gasteiger partial charge in [0.1, 0.15) is 0 Å². The highest BCUT2D eigenvalue weighted by atomic mass is 16.4. The number of nitrogens with zero attached hydrogens (tertiary/aromatic N) is 2. The summed E-state index contributed by atoms with van der Waals surface area (Å²) < 4.78 is 0. The highest BCUT2D eigenvalue weighted by molar-refractivity contribution is 5.79. The molecule has 1 saturated heterocycles. The Morgan fingerprint density at radius 3 is 2.48 bits per heavy atom. The number of carbonyl (C=O) groups is 2. The van der Waals surface area contributed by atoms with Crippen LogP contribution in [0.3, 0.4) is 0 Å². The van der Waals surface area contributed by atoms with E-state index >= 15 is 0 Å². The lowest BCUT2D eigenvalue weighted by Crippen LogP contribution is -2.48. The number of nitrogens with one attached hydrogen (secondary N) is 1. The third-order valence-corrected chi connectivity index (χ3v) is 5.17. The molecular weight excluding hydrogens is 318 g/mol. The Morgan fingerprint density at radius 1 is 1.32 bits per heavy atom. The van der Waals surface area contributed by atoms with Crippen LogP contribution in [0, 0.1) is 12.3 Å². The maximum absolute atomic E-state index is 12.6. The Kier molecular flexibility index (Phi) is 5.72. The summed E-state index contributed by atoms with van der Waals surface area (Å²) >= 11 is 0. The monoisotopic (exact) mass is 347 g/mol. The molecule has 1 aromatic carbocycles. The van der Waals surface area contributed by atoms with E-state index in [2.05, 4.69) is 29.3 Å². The molecule has 25 heavy (non-hydrogen) atoms. The van der Waals surface area contributed by atoms with Crippen LogP contribution in [0.15, 0.2) is 24.3 Å². The quantitative estimate of drug-likeness (QED) is 0.858. The Hall–Kier alpha value is -2.08. The zero-order valence-corrected chi connectivity index (χ0v) is 15.7. The molecule has 0 aromatic heterocycles. The van der Waals surface area contributed by atoms with Crippen molar-refractivity contribution in [3.8, 4) is 0 Å². The minimum atomic E-state index is -0.850. The molecule has 2 N–H and O–H groups in total. The Labute approximate surface area is 149 Å². The fourth-order valence-electron chi connectivity index (χ4n) is 3.59. The standard InChI is InChI=1S/C19H29N3O3/c1-13-8-6-7-9-15(13)16(21(4)5)14(2)20-18(25)22-11-10-19(3,12-22)17(23)24/h6-9,14,16H,10-12H2,1-5H3,(H,20,25)(H,23,24). The van der Waals surface area contributed by atoms with Crippen molar-refractivity contribution >= 4 is 12.0 Å². The first kappa shape index (κ1) is 19.2. The molecule has 138 valence electrons. The van der Waals surface area contributed by atoms with E-state index < -0.39 is 11.4 Å². The van der Waals surface area contributed by atoms with Gasteiger partial charge in [0.25, 0.3) is 0 Å². The van der Waals surface area contributed by atoms with Gasteiger partial charge in [0.2, 0.25) is 0 Å². The summed E-state index contributed by atoms with van der Waals surface area (Å²) in [5.41, 5.74) is 1.51. The van der Waals surface area contributed by atoms with Crippen LogP contribution < -0.4 is 5.32 Å². The number of likely N-dealkylation sites (tertiary alicyclic amines) is 1. The van der Waals surface area contributed by atoms with Gasteiger partial charge in [0, 0.05) is 19.1 Å². The molecule has 3 unspecified atom stereocenters. The lowest BCUT2D eigenvalue weighted by Gasteiger charge is -2.33. The fraction of sp³-hybridized carbons (Fsp3) is 0.579. The Bertz CT molecular complexity index is 647. The number of likely N-dealkylation sites (N-methyl/N-ethyl adjacent to an activating group) is 1. The van der Waals surface area contributed by atoms with Crippen molar-refractivity contribution in [1.82, 2.24) is 15.1 Å². The number of aryl methyl sites for hydroxylation is 1. The molecule has 6 heteroatoms.